The minimum absolute atomic E-state index is 0.374. The predicted octanol–water partition coefficient (Wildman–Crippen LogP) is 2.43. The molecule has 0 aliphatic rings. The Bertz CT molecular complexity index is 256. The number of carbonyl (C=O) groups excluding carboxylic acids is 1. The Kier molecular flexibility index (Phi) is 6.85. The minimum Gasteiger partial charge on any atom is -0.481 e. The van der Waals surface area contributed by atoms with Crippen LogP contribution in [-0.4, -0.2) is 23.5 Å². The van der Waals surface area contributed by atoms with E-state index in [9.17, 15) is 9.59 Å². The molecule has 0 aliphatic heterocycles. The summed E-state index contributed by atoms with van der Waals surface area (Å²) in [6.45, 7) is 7.99. The van der Waals surface area contributed by atoms with Crippen LogP contribution in [0.3, 0.4) is 0 Å². The number of carbonyl (C=O) groups is 2. The van der Waals surface area contributed by atoms with Crippen LogP contribution in [0, 0.1) is 11.3 Å². The average molecular weight is 243 g/mol. The Morgan fingerprint density at radius 3 is 2.18 bits per heavy atom. The van der Waals surface area contributed by atoms with Crippen molar-refractivity contribution < 1.29 is 14.7 Å². The highest BCUT2D eigenvalue weighted by atomic mass is 16.4. The Morgan fingerprint density at radius 2 is 1.76 bits per heavy atom. The van der Waals surface area contributed by atoms with Gasteiger partial charge >= 0.3 is 5.97 Å². The Morgan fingerprint density at radius 1 is 1.18 bits per heavy atom. The molecule has 4 nitrogen and oxygen atoms in total. The van der Waals surface area contributed by atoms with Gasteiger partial charge in [0.05, 0.1) is 0 Å². The zero-order valence-electron chi connectivity index (χ0n) is 11.4. The van der Waals surface area contributed by atoms with E-state index in [1.807, 2.05) is 0 Å². The van der Waals surface area contributed by atoms with E-state index in [0.717, 1.165) is 25.7 Å². The molecular formula is C13H25NO3. The lowest BCUT2D eigenvalue weighted by molar-refractivity contribution is -0.151. The molecule has 0 aromatic heterocycles. The molecule has 1 atom stereocenters. The van der Waals surface area contributed by atoms with Crippen LogP contribution >= 0.6 is 0 Å². The van der Waals surface area contributed by atoms with E-state index >= 15 is 0 Å². The molecule has 1 unspecified atom stereocenters. The van der Waals surface area contributed by atoms with Gasteiger partial charge in [0.1, 0.15) is 5.92 Å². The molecule has 1 amide bonds. The second kappa shape index (κ2) is 7.30. The summed E-state index contributed by atoms with van der Waals surface area (Å²) < 4.78 is 0. The van der Waals surface area contributed by atoms with Gasteiger partial charge in [-0.25, -0.2) is 0 Å². The molecular weight excluding hydrogens is 218 g/mol. The lowest BCUT2D eigenvalue weighted by atomic mass is 9.80. The van der Waals surface area contributed by atoms with Gasteiger partial charge in [0.25, 0.3) is 0 Å². The lowest BCUT2D eigenvalue weighted by Gasteiger charge is -2.25. The molecule has 0 radical (unpaired) electrons. The van der Waals surface area contributed by atoms with Crippen molar-refractivity contribution in [2.45, 2.75) is 53.4 Å². The number of aliphatic carboxylic acids is 1. The molecule has 100 valence electrons. The summed E-state index contributed by atoms with van der Waals surface area (Å²) in [5.41, 5.74) is -0.556. The van der Waals surface area contributed by atoms with E-state index in [2.05, 4.69) is 12.2 Å². The topological polar surface area (TPSA) is 66.4 Å². The van der Waals surface area contributed by atoms with Crippen molar-refractivity contribution >= 4 is 11.9 Å². The minimum atomic E-state index is -1.05. The summed E-state index contributed by atoms with van der Waals surface area (Å²) in [4.78, 5) is 22.8. The highest BCUT2D eigenvalue weighted by molar-refractivity contribution is 5.97. The van der Waals surface area contributed by atoms with Gasteiger partial charge in [-0.2, -0.15) is 0 Å². The summed E-state index contributed by atoms with van der Waals surface area (Å²) in [7, 11) is 0. The molecule has 2 N–H and O–H groups in total. The van der Waals surface area contributed by atoms with Crippen LogP contribution in [0.2, 0.25) is 0 Å². The fraction of sp³-hybridized carbons (Fsp3) is 0.846. The Balaban J connectivity index is 4.13. The van der Waals surface area contributed by atoms with Gasteiger partial charge in [-0.3, -0.25) is 9.59 Å². The first-order chi connectivity index (χ1) is 7.80. The zero-order chi connectivity index (χ0) is 13.5. The number of carboxylic acids is 1. The van der Waals surface area contributed by atoms with Gasteiger partial charge in [0.2, 0.25) is 5.91 Å². The first-order valence-electron chi connectivity index (χ1n) is 6.31. The number of hydrogen-bond acceptors (Lipinski definition) is 2. The first kappa shape index (κ1) is 15.9. The summed E-state index contributed by atoms with van der Waals surface area (Å²) in [6.07, 6.45) is 4.28. The number of unbranched alkanes of at least 4 members (excludes halogenated alkanes) is 3. The monoisotopic (exact) mass is 243 g/mol. The van der Waals surface area contributed by atoms with Crippen LogP contribution in [0.1, 0.15) is 53.4 Å². The van der Waals surface area contributed by atoms with Gasteiger partial charge in [-0.1, -0.05) is 47.0 Å². The third-order valence-corrected chi connectivity index (χ3v) is 2.70. The van der Waals surface area contributed by atoms with Crippen molar-refractivity contribution in [1.82, 2.24) is 5.32 Å². The fourth-order valence-electron chi connectivity index (χ4n) is 1.74. The zero-order valence-corrected chi connectivity index (χ0v) is 11.4. The quantitative estimate of drug-likeness (QED) is 0.533. The second-order valence-corrected chi connectivity index (χ2v) is 5.49. The van der Waals surface area contributed by atoms with E-state index in [1.165, 1.54) is 0 Å². The van der Waals surface area contributed by atoms with Crippen LogP contribution in [0.5, 0.6) is 0 Å². The maximum absolute atomic E-state index is 11.8. The van der Waals surface area contributed by atoms with Crippen LogP contribution < -0.4 is 5.32 Å². The molecule has 17 heavy (non-hydrogen) atoms. The van der Waals surface area contributed by atoms with Gasteiger partial charge in [0.15, 0.2) is 0 Å². The molecule has 0 heterocycles. The lowest BCUT2D eigenvalue weighted by Crippen LogP contribution is -2.43. The molecule has 0 saturated carbocycles. The van der Waals surface area contributed by atoms with Gasteiger partial charge in [0, 0.05) is 6.54 Å². The number of carboxylic acid groups (broad SMARTS) is 1. The molecule has 4 heteroatoms. The summed E-state index contributed by atoms with van der Waals surface area (Å²) >= 11 is 0. The van der Waals surface area contributed by atoms with Crippen molar-refractivity contribution in [3.8, 4) is 0 Å². The van der Waals surface area contributed by atoms with Crippen LogP contribution in [0.15, 0.2) is 0 Å². The highest BCUT2D eigenvalue weighted by Gasteiger charge is 2.37. The van der Waals surface area contributed by atoms with Gasteiger partial charge in [-0.05, 0) is 11.8 Å². The highest BCUT2D eigenvalue weighted by Crippen LogP contribution is 2.26. The van der Waals surface area contributed by atoms with E-state index in [0.29, 0.717) is 6.54 Å². The molecule has 0 spiro atoms. The second-order valence-electron chi connectivity index (χ2n) is 5.49. The number of amides is 1. The maximum Gasteiger partial charge on any atom is 0.316 e. The Hall–Kier alpha value is -1.06. The van der Waals surface area contributed by atoms with Crippen LogP contribution in [0.25, 0.3) is 0 Å². The van der Waals surface area contributed by atoms with Crippen molar-refractivity contribution in [2.75, 3.05) is 6.54 Å². The van der Waals surface area contributed by atoms with Crippen LogP contribution in [0.4, 0.5) is 0 Å². The average Bonchev–Trinajstić information content (AvgIpc) is 2.14. The number of hydrogen-bond donors (Lipinski definition) is 2. The fourth-order valence-corrected chi connectivity index (χ4v) is 1.74. The Labute approximate surface area is 104 Å². The van der Waals surface area contributed by atoms with Crippen molar-refractivity contribution in [1.29, 1.82) is 0 Å². The van der Waals surface area contributed by atoms with Crippen molar-refractivity contribution in [3.05, 3.63) is 0 Å². The third-order valence-electron chi connectivity index (χ3n) is 2.70. The number of nitrogens with one attached hydrogen (secondary N) is 1. The normalized spacial score (nSPS) is 13.2. The molecule has 0 rings (SSSR count). The molecule has 0 fully saturated rings. The van der Waals surface area contributed by atoms with E-state index in [1.54, 1.807) is 20.8 Å². The largest absolute Gasteiger partial charge is 0.481 e. The van der Waals surface area contributed by atoms with Gasteiger partial charge < -0.3 is 10.4 Å². The molecule has 0 aromatic carbocycles. The third kappa shape index (κ3) is 6.29. The molecule has 0 aliphatic carbocycles. The smallest absolute Gasteiger partial charge is 0.316 e. The first-order valence-corrected chi connectivity index (χ1v) is 6.31. The van der Waals surface area contributed by atoms with E-state index < -0.39 is 17.3 Å². The molecule has 0 bridgehead atoms. The predicted molar refractivity (Wildman–Crippen MR) is 67.7 cm³/mol. The van der Waals surface area contributed by atoms with E-state index in [-0.39, 0.29) is 5.91 Å². The van der Waals surface area contributed by atoms with Gasteiger partial charge in [-0.15, -0.1) is 0 Å². The molecule has 0 aromatic rings. The summed E-state index contributed by atoms with van der Waals surface area (Å²) in [5.74, 6) is -2.40. The SMILES string of the molecule is CCCCCCNC(=O)C(C(=O)O)C(C)(C)C. The van der Waals surface area contributed by atoms with Crippen molar-refractivity contribution in [3.63, 3.8) is 0 Å². The molecule has 0 saturated heterocycles. The maximum atomic E-state index is 11.8. The summed E-state index contributed by atoms with van der Waals surface area (Å²) in [6, 6.07) is 0. The standard InChI is InChI=1S/C13H25NO3/c1-5-6-7-8-9-14-11(15)10(12(16)17)13(2,3)4/h10H,5-9H2,1-4H3,(H,14,15)(H,16,17). The van der Waals surface area contributed by atoms with Crippen LogP contribution in [-0.2, 0) is 9.59 Å². The van der Waals surface area contributed by atoms with Crippen molar-refractivity contribution in [2.24, 2.45) is 11.3 Å². The number of rotatable bonds is 7. The van der Waals surface area contributed by atoms with E-state index in [4.69, 9.17) is 5.11 Å². The summed E-state index contributed by atoms with van der Waals surface area (Å²) in [5, 5.41) is 11.8.